The lowest BCUT2D eigenvalue weighted by atomic mass is 10.0. The van der Waals surface area contributed by atoms with Gasteiger partial charge in [-0.1, -0.05) is 127 Å². The Labute approximate surface area is 159 Å². The standard InChI is InChI=1S/C6H14.C5H8.C4H8.C3H8.3C2H6/c1-5(2)6(3)4;1-4-5(2)3;1-3-4-2;1-3-2;3*1-2/h5-6H,1-4H3;4H,1-2H2,3H3;3H,1,4H2,2H3;3H2,1-2H3;3*1-2H3. The van der Waals surface area contributed by atoms with Crippen LogP contribution in [0.15, 0.2) is 37.5 Å². The van der Waals surface area contributed by atoms with Crippen molar-refractivity contribution in [2.75, 3.05) is 0 Å². The quantitative estimate of drug-likeness (QED) is 0.353. The molecule has 152 valence electrons. The van der Waals surface area contributed by atoms with Crippen LogP contribution in [0.2, 0.25) is 0 Å². The Morgan fingerprint density at radius 3 is 0.875 bits per heavy atom. The molecule has 0 aromatic carbocycles. The average molecular weight is 345 g/mol. The van der Waals surface area contributed by atoms with Gasteiger partial charge < -0.3 is 0 Å². The number of hydrogen-bond acceptors (Lipinski definition) is 0. The maximum Gasteiger partial charge on any atom is -0.0382 e. The number of allylic oxidation sites excluding steroid dienone is 3. The first kappa shape index (κ1) is 43.6. The monoisotopic (exact) mass is 344 g/mol. The highest BCUT2D eigenvalue weighted by Gasteiger charge is 1.95. The first-order chi connectivity index (χ1) is 11.2. The second-order valence-corrected chi connectivity index (χ2v) is 4.94. The van der Waals surface area contributed by atoms with Crippen molar-refractivity contribution in [2.24, 2.45) is 11.8 Å². The summed E-state index contributed by atoms with van der Waals surface area (Å²) in [6.07, 6.45) is 5.93. The van der Waals surface area contributed by atoms with Crippen LogP contribution >= 0.6 is 0 Å². The summed E-state index contributed by atoms with van der Waals surface area (Å²) in [5, 5.41) is 0. The van der Waals surface area contributed by atoms with Crippen LogP contribution in [0, 0.1) is 11.8 Å². The Morgan fingerprint density at radius 1 is 0.750 bits per heavy atom. The van der Waals surface area contributed by atoms with Crippen molar-refractivity contribution >= 4 is 0 Å². The summed E-state index contributed by atoms with van der Waals surface area (Å²) in [6.45, 7) is 39.7. The molecule has 0 aliphatic rings. The van der Waals surface area contributed by atoms with E-state index in [1.54, 1.807) is 6.08 Å². The highest BCUT2D eigenvalue weighted by molar-refractivity contribution is 5.05. The molecule has 0 saturated heterocycles. The van der Waals surface area contributed by atoms with Gasteiger partial charge in [-0.25, -0.2) is 0 Å². The lowest BCUT2D eigenvalue weighted by Gasteiger charge is -2.05. The maximum absolute atomic E-state index is 3.56. The second kappa shape index (κ2) is 67.0. The molecule has 0 atom stereocenters. The fraction of sp³-hybridized carbons (Fsp3) is 0.750. The molecule has 0 aromatic rings. The first-order valence-corrected chi connectivity index (χ1v) is 10.1. The number of hydrogen-bond donors (Lipinski definition) is 0. The Balaban J connectivity index is -0.0000000296. The average Bonchev–Trinajstić information content (AvgIpc) is 2.61. The van der Waals surface area contributed by atoms with Crippen LogP contribution in [-0.4, -0.2) is 0 Å². The second-order valence-electron chi connectivity index (χ2n) is 4.94. The Morgan fingerprint density at radius 2 is 0.875 bits per heavy atom. The van der Waals surface area contributed by atoms with Crippen molar-refractivity contribution in [2.45, 2.75) is 110 Å². The lowest BCUT2D eigenvalue weighted by Crippen LogP contribution is -1.95. The van der Waals surface area contributed by atoms with Crippen LogP contribution in [0.4, 0.5) is 0 Å². The molecule has 0 aromatic heterocycles. The van der Waals surface area contributed by atoms with Crippen molar-refractivity contribution in [3.05, 3.63) is 37.5 Å². The van der Waals surface area contributed by atoms with Gasteiger partial charge in [0.1, 0.15) is 0 Å². The minimum absolute atomic E-state index is 0.852. The van der Waals surface area contributed by atoms with Gasteiger partial charge in [0.2, 0.25) is 0 Å². The fourth-order valence-electron chi connectivity index (χ4n) is 0. The molecular weight excluding hydrogens is 288 g/mol. The Kier molecular flexibility index (Phi) is 122. The van der Waals surface area contributed by atoms with Gasteiger partial charge >= 0.3 is 0 Å². The van der Waals surface area contributed by atoms with E-state index < -0.39 is 0 Å². The van der Waals surface area contributed by atoms with E-state index >= 15 is 0 Å². The zero-order valence-electron chi connectivity index (χ0n) is 20.3. The van der Waals surface area contributed by atoms with Crippen LogP contribution in [-0.2, 0) is 0 Å². The van der Waals surface area contributed by atoms with Crippen LogP contribution in [0.3, 0.4) is 0 Å². The summed E-state index contributed by atoms with van der Waals surface area (Å²) >= 11 is 0. The van der Waals surface area contributed by atoms with Gasteiger partial charge in [-0.15, -0.1) is 6.58 Å². The summed E-state index contributed by atoms with van der Waals surface area (Å²) in [7, 11) is 0. The highest BCUT2D eigenvalue weighted by Crippen LogP contribution is 2.05. The molecule has 0 amide bonds. The molecule has 0 N–H and O–H groups in total. The molecule has 0 heterocycles. The predicted octanol–water partition coefficient (Wildman–Crippen LogP) is 10.1. The molecule has 0 nitrogen and oxygen atoms in total. The van der Waals surface area contributed by atoms with Gasteiger partial charge in [-0.05, 0) is 25.2 Å². The predicted molar refractivity (Wildman–Crippen MR) is 125 cm³/mol. The zero-order chi connectivity index (χ0) is 21.6. The van der Waals surface area contributed by atoms with E-state index in [1.165, 1.54) is 6.42 Å². The highest BCUT2D eigenvalue weighted by atomic mass is 14.0. The van der Waals surface area contributed by atoms with Gasteiger partial charge in [-0.2, -0.15) is 0 Å². The van der Waals surface area contributed by atoms with Crippen LogP contribution in [0.1, 0.15) is 110 Å². The van der Waals surface area contributed by atoms with E-state index in [4.69, 9.17) is 0 Å². The third-order valence-corrected chi connectivity index (χ3v) is 1.97. The summed E-state index contributed by atoms with van der Waals surface area (Å²) in [4.78, 5) is 0. The van der Waals surface area contributed by atoms with Crippen molar-refractivity contribution in [3.63, 3.8) is 0 Å². The van der Waals surface area contributed by atoms with E-state index in [9.17, 15) is 0 Å². The van der Waals surface area contributed by atoms with Crippen LogP contribution in [0.25, 0.3) is 0 Å². The third kappa shape index (κ3) is 224. The number of rotatable bonds is 3. The van der Waals surface area contributed by atoms with Gasteiger partial charge in [0, 0.05) is 0 Å². The smallest absolute Gasteiger partial charge is 0.0382 e. The molecule has 0 aliphatic heterocycles. The summed E-state index contributed by atoms with van der Waals surface area (Å²) in [6, 6.07) is 0. The van der Waals surface area contributed by atoms with Crippen molar-refractivity contribution in [1.29, 1.82) is 0 Å². The van der Waals surface area contributed by atoms with Gasteiger partial charge in [-0.3, -0.25) is 0 Å². The normalized spacial score (nSPS) is 6.67. The lowest BCUT2D eigenvalue weighted by molar-refractivity contribution is 0.457. The molecule has 0 fully saturated rings. The SMILES string of the molecule is C=CC(=C)C.C=CCC.CC.CC.CC.CC(C)C(C)C.CCC. The Bertz CT molecular complexity index is 155. The van der Waals surface area contributed by atoms with E-state index in [-0.39, 0.29) is 0 Å². The molecule has 0 saturated carbocycles. The first-order valence-electron chi connectivity index (χ1n) is 10.1. The van der Waals surface area contributed by atoms with Crippen LogP contribution in [0.5, 0.6) is 0 Å². The Hall–Kier alpha value is -0.780. The van der Waals surface area contributed by atoms with Gasteiger partial charge in [0.05, 0.1) is 0 Å². The van der Waals surface area contributed by atoms with E-state index in [1.807, 2.05) is 54.5 Å². The van der Waals surface area contributed by atoms with Gasteiger partial charge in [0.25, 0.3) is 0 Å². The molecule has 0 heteroatoms. The largest absolute Gasteiger partial charge is 0.103 e. The molecule has 0 radical (unpaired) electrons. The molecule has 0 rings (SSSR count). The molecule has 24 heavy (non-hydrogen) atoms. The van der Waals surface area contributed by atoms with Gasteiger partial charge in [0.15, 0.2) is 0 Å². The van der Waals surface area contributed by atoms with Crippen molar-refractivity contribution in [3.8, 4) is 0 Å². The van der Waals surface area contributed by atoms with Crippen LogP contribution < -0.4 is 0 Å². The summed E-state index contributed by atoms with van der Waals surface area (Å²) in [5.74, 6) is 1.70. The molecule has 0 bridgehead atoms. The summed E-state index contributed by atoms with van der Waals surface area (Å²) in [5.41, 5.74) is 1.02. The molecule has 0 unspecified atom stereocenters. The summed E-state index contributed by atoms with van der Waals surface area (Å²) < 4.78 is 0. The third-order valence-electron chi connectivity index (χ3n) is 1.97. The molecular formula is C24H56. The molecule has 0 spiro atoms. The minimum Gasteiger partial charge on any atom is -0.103 e. The van der Waals surface area contributed by atoms with Crippen molar-refractivity contribution < 1.29 is 0 Å². The van der Waals surface area contributed by atoms with E-state index in [0.29, 0.717) is 0 Å². The molecule has 0 aliphatic carbocycles. The van der Waals surface area contributed by atoms with E-state index in [0.717, 1.165) is 23.8 Å². The topological polar surface area (TPSA) is 0 Å². The minimum atomic E-state index is 0.852. The fourth-order valence-corrected chi connectivity index (χ4v) is 0. The van der Waals surface area contributed by atoms with Crippen molar-refractivity contribution in [1.82, 2.24) is 0 Å². The van der Waals surface area contributed by atoms with E-state index in [2.05, 4.69) is 68.2 Å². The maximum atomic E-state index is 3.56. The zero-order valence-corrected chi connectivity index (χ0v) is 20.3.